The second-order valence-electron chi connectivity index (χ2n) is 5.09. The molecule has 1 aliphatic heterocycles. The first-order valence-corrected chi connectivity index (χ1v) is 6.67. The van der Waals surface area contributed by atoms with Crippen LogP contribution in [0.1, 0.15) is 39.0 Å². The molecule has 104 valence electrons. The van der Waals surface area contributed by atoms with Crippen LogP contribution in [-0.2, 0) is 9.59 Å². The summed E-state index contributed by atoms with van der Waals surface area (Å²) >= 11 is 0. The third-order valence-corrected chi connectivity index (χ3v) is 3.82. The highest BCUT2D eigenvalue weighted by Gasteiger charge is 2.38. The minimum absolute atomic E-state index is 0.0298. The van der Waals surface area contributed by atoms with Gasteiger partial charge in [-0.3, -0.25) is 9.59 Å². The smallest absolute Gasteiger partial charge is 0.246 e. The van der Waals surface area contributed by atoms with Crippen LogP contribution in [0.3, 0.4) is 0 Å². The fourth-order valence-corrected chi connectivity index (χ4v) is 2.32. The van der Waals surface area contributed by atoms with Gasteiger partial charge in [-0.1, -0.05) is 20.3 Å². The lowest BCUT2D eigenvalue weighted by molar-refractivity contribution is -0.148. The number of furan rings is 1. The quantitative estimate of drug-likeness (QED) is 0.900. The van der Waals surface area contributed by atoms with Gasteiger partial charge in [-0.2, -0.15) is 0 Å². The van der Waals surface area contributed by atoms with E-state index in [9.17, 15) is 9.59 Å². The predicted octanol–water partition coefficient (Wildman–Crippen LogP) is 1.71. The molecule has 2 heterocycles. The molecule has 3 unspecified atom stereocenters. The van der Waals surface area contributed by atoms with Crippen LogP contribution in [0.4, 0.5) is 0 Å². The van der Waals surface area contributed by atoms with E-state index >= 15 is 0 Å². The van der Waals surface area contributed by atoms with Crippen molar-refractivity contribution in [1.82, 2.24) is 10.2 Å². The van der Waals surface area contributed by atoms with Gasteiger partial charge >= 0.3 is 0 Å². The molecule has 1 fully saturated rings. The predicted molar refractivity (Wildman–Crippen MR) is 70.2 cm³/mol. The Kier molecular flexibility index (Phi) is 3.93. The van der Waals surface area contributed by atoms with Crippen LogP contribution < -0.4 is 5.32 Å². The van der Waals surface area contributed by atoms with Gasteiger partial charge in [-0.25, -0.2) is 0 Å². The number of nitrogens with zero attached hydrogens (tertiary/aromatic N) is 1. The molecule has 1 aromatic rings. The van der Waals surface area contributed by atoms with E-state index in [4.69, 9.17) is 4.42 Å². The van der Waals surface area contributed by atoms with E-state index in [1.54, 1.807) is 17.2 Å². The molecule has 0 spiro atoms. The monoisotopic (exact) mass is 264 g/mol. The van der Waals surface area contributed by atoms with E-state index in [1.807, 2.05) is 26.8 Å². The summed E-state index contributed by atoms with van der Waals surface area (Å²) in [5.41, 5.74) is 0. The molecule has 1 saturated heterocycles. The third-order valence-electron chi connectivity index (χ3n) is 3.82. The highest BCUT2D eigenvalue weighted by Crippen LogP contribution is 2.24. The molecule has 2 amide bonds. The molecule has 1 aliphatic rings. The first-order valence-electron chi connectivity index (χ1n) is 6.67. The summed E-state index contributed by atoms with van der Waals surface area (Å²) in [7, 11) is 0. The van der Waals surface area contributed by atoms with E-state index in [-0.39, 0.29) is 30.3 Å². The molecule has 0 bridgehead atoms. The van der Waals surface area contributed by atoms with Crippen molar-refractivity contribution in [3.63, 3.8) is 0 Å². The van der Waals surface area contributed by atoms with Crippen LogP contribution in [0.25, 0.3) is 0 Å². The zero-order chi connectivity index (χ0) is 14.0. The maximum absolute atomic E-state index is 12.5. The summed E-state index contributed by atoms with van der Waals surface area (Å²) in [5, 5.41) is 2.79. The lowest BCUT2D eigenvalue weighted by Gasteiger charge is -2.37. The minimum atomic E-state index is -0.427. The Morgan fingerprint density at radius 1 is 1.47 bits per heavy atom. The Hall–Kier alpha value is -1.78. The Labute approximate surface area is 113 Å². The Bertz CT molecular complexity index is 455. The van der Waals surface area contributed by atoms with Crippen molar-refractivity contribution in [3.05, 3.63) is 24.2 Å². The fraction of sp³-hybridized carbons (Fsp3) is 0.571. The maximum Gasteiger partial charge on any atom is 0.246 e. The van der Waals surface area contributed by atoms with Crippen molar-refractivity contribution >= 4 is 11.8 Å². The fourth-order valence-electron chi connectivity index (χ4n) is 2.32. The van der Waals surface area contributed by atoms with Gasteiger partial charge in [-0.15, -0.1) is 0 Å². The van der Waals surface area contributed by atoms with Crippen LogP contribution in [0.15, 0.2) is 22.8 Å². The van der Waals surface area contributed by atoms with Gasteiger partial charge < -0.3 is 14.6 Å². The van der Waals surface area contributed by atoms with Crippen LogP contribution in [0.5, 0.6) is 0 Å². The Morgan fingerprint density at radius 2 is 2.21 bits per heavy atom. The average molecular weight is 264 g/mol. The Morgan fingerprint density at radius 3 is 2.79 bits per heavy atom. The summed E-state index contributed by atoms with van der Waals surface area (Å²) < 4.78 is 5.33. The van der Waals surface area contributed by atoms with Gasteiger partial charge in [0.1, 0.15) is 18.3 Å². The van der Waals surface area contributed by atoms with Crippen molar-refractivity contribution in [3.8, 4) is 0 Å². The molecule has 0 aliphatic carbocycles. The highest BCUT2D eigenvalue weighted by atomic mass is 16.3. The molecule has 5 nitrogen and oxygen atoms in total. The first-order chi connectivity index (χ1) is 9.04. The molecule has 0 saturated carbocycles. The number of rotatable bonds is 4. The van der Waals surface area contributed by atoms with E-state index in [2.05, 4.69) is 5.32 Å². The molecular weight excluding hydrogens is 244 g/mol. The topological polar surface area (TPSA) is 62.6 Å². The number of hydrogen-bond donors (Lipinski definition) is 1. The SMILES string of the molecule is CCC(C)C1NC(=O)CN(C(C)c2ccco2)C1=O. The minimum Gasteiger partial charge on any atom is -0.467 e. The zero-order valence-electron chi connectivity index (χ0n) is 11.6. The Balaban J connectivity index is 2.20. The van der Waals surface area contributed by atoms with E-state index in [1.165, 1.54) is 0 Å². The standard InChI is InChI=1S/C14H20N2O3/c1-4-9(2)13-14(18)16(8-12(17)15-13)10(3)11-6-5-7-19-11/h5-7,9-10,13H,4,8H2,1-3H3,(H,15,17). The number of amides is 2. The zero-order valence-corrected chi connectivity index (χ0v) is 11.6. The summed E-state index contributed by atoms with van der Waals surface area (Å²) in [6.07, 6.45) is 2.42. The van der Waals surface area contributed by atoms with Gasteiger partial charge in [0.2, 0.25) is 11.8 Å². The highest BCUT2D eigenvalue weighted by molar-refractivity contribution is 5.95. The van der Waals surface area contributed by atoms with Crippen molar-refractivity contribution < 1.29 is 14.0 Å². The molecule has 2 rings (SSSR count). The van der Waals surface area contributed by atoms with Gasteiger partial charge in [0.15, 0.2) is 0 Å². The van der Waals surface area contributed by atoms with Gasteiger partial charge in [0.05, 0.1) is 12.3 Å². The number of piperazine rings is 1. The maximum atomic E-state index is 12.5. The number of nitrogens with one attached hydrogen (secondary N) is 1. The summed E-state index contributed by atoms with van der Waals surface area (Å²) in [6, 6.07) is 2.96. The molecular formula is C14H20N2O3. The molecule has 1 N–H and O–H groups in total. The molecule has 0 aromatic carbocycles. The van der Waals surface area contributed by atoms with Crippen molar-refractivity contribution in [1.29, 1.82) is 0 Å². The van der Waals surface area contributed by atoms with Crippen molar-refractivity contribution in [2.24, 2.45) is 5.92 Å². The normalized spacial score (nSPS) is 23.1. The van der Waals surface area contributed by atoms with Crippen LogP contribution in [0, 0.1) is 5.92 Å². The van der Waals surface area contributed by atoms with Crippen LogP contribution in [0.2, 0.25) is 0 Å². The largest absolute Gasteiger partial charge is 0.467 e. The van der Waals surface area contributed by atoms with Crippen LogP contribution >= 0.6 is 0 Å². The van der Waals surface area contributed by atoms with Crippen molar-refractivity contribution in [2.45, 2.75) is 39.3 Å². The number of hydrogen-bond acceptors (Lipinski definition) is 3. The van der Waals surface area contributed by atoms with E-state index in [0.717, 1.165) is 6.42 Å². The number of carbonyl (C=O) groups excluding carboxylic acids is 2. The second-order valence-corrected chi connectivity index (χ2v) is 5.09. The molecule has 3 atom stereocenters. The van der Waals surface area contributed by atoms with Crippen LogP contribution in [-0.4, -0.2) is 29.3 Å². The molecule has 0 radical (unpaired) electrons. The first kappa shape index (κ1) is 13.6. The molecule has 5 heteroatoms. The van der Waals surface area contributed by atoms with Gasteiger partial charge in [0.25, 0.3) is 0 Å². The summed E-state index contributed by atoms with van der Waals surface area (Å²) in [4.78, 5) is 25.9. The van der Waals surface area contributed by atoms with E-state index in [0.29, 0.717) is 5.76 Å². The lowest BCUT2D eigenvalue weighted by Crippen LogP contribution is -2.60. The summed E-state index contributed by atoms with van der Waals surface area (Å²) in [5.74, 6) is 0.690. The third kappa shape index (κ3) is 2.64. The molecule has 19 heavy (non-hydrogen) atoms. The van der Waals surface area contributed by atoms with Crippen molar-refractivity contribution in [2.75, 3.05) is 6.54 Å². The van der Waals surface area contributed by atoms with Gasteiger partial charge in [-0.05, 0) is 25.0 Å². The van der Waals surface area contributed by atoms with E-state index < -0.39 is 6.04 Å². The molecule has 1 aromatic heterocycles. The lowest BCUT2D eigenvalue weighted by atomic mass is 9.95. The second kappa shape index (κ2) is 5.47. The summed E-state index contributed by atoms with van der Waals surface area (Å²) in [6.45, 7) is 5.96. The number of carbonyl (C=O) groups is 2. The van der Waals surface area contributed by atoms with Gasteiger partial charge in [0, 0.05) is 0 Å². The average Bonchev–Trinajstić information content (AvgIpc) is 2.93.